The Balaban J connectivity index is 2.16. The highest BCUT2D eigenvalue weighted by Gasteiger charge is 2.05. The molecule has 3 nitrogen and oxygen atoms in total. The molecule has 0 aliphatic carbocycles. The molecule has 0 aliphatic heterocycles. The van der Waals surface area contributed by atoms with Gasteiger partial charge in [-0.25, -0.2) is 4.79 Å². The van der Waals surface area contributed by atoms with E-state index in [1.807, 2.05) is 0 Å². The van der Waals surface area contributed by atoms with E-state index in [1.54, 1.807) is 18.3 Å². The fourth-order valence-corrected chi connectivity index (χ4v) is 1.39. The Hall–Kier alpha value is -1.38. The van der Waals surface area contributed by atoms with Crippen molar-refractivity contribution in [2.24, 2.45) is 5.92 Å². The van der Waals surface area contributed by atoms with E-state index >= 15 is 0 Å². The Labute approximate surface area is 96.8 Å². The first kappa shape index (κ1) is 12.7. The zero-order valence-corrected chi connectivity index (χ0v) is 9.98. The molecule has 3 heteroatoms. The first-order valence-electron chi connectivity index (χ1n) is 5.77. The molecule has 1 aromatic heterocycles. The van der Waals surface area contributed by atoms with Gasteiger partial charge in [-0.1, -0.05) is 20.3 Å². The van der Waals surface area contributed by atoms with Gasteiger partial charge in [0.25, 0.3) is 0 Å². The summed E-state index contributed by atoms with van der Waals surface area (Å²) < 4.78 is 5.13. The van der Waals surface area contributed by atoms with Crippen molar-refractivity contribution >= 4 is 5.97 Å². The van der Waals surface area contributed by atoms with E-state index in [9.17, 15) is 4.79 Å². The Kier molecular flexibility index (Phi) is 5.54. The van der Waals surface area contributed by atoms with Crippen LogP contribution >= 0.6 is 0 Å². The number of rotatable bonds is 6. The number of carbonyl (C=O) groups excluding carboxylic acids is 1. The molecule has 88 valence electrons. The third-order valence-corrected chi connectivity index (χ3v) is 2.31. The van der Waals surface area contributed by atoms with Gasteiger partial charge in [-0.3, -0.25) is 4.98 Å². The SMILES string of the molecule is CC(C)CCCCOC(=O)c1cccnc1. The molecule has 1 heterocycles. The lowest BCUT2D eigenvalue weighted by molar-refractivity contribution is 0.0496. The van der Waals surface area contributed by atoms with E-state index < -0.39 is 0 Å². The standard InChI is InChI=1S/C13H19NO2/c1-11(2)6-3-4-9-16-13(15)12-7-5-8-14-10-12/h5,7-8,10-11H,3-4,6,9H2,1-2H3. The van der Waals surface area contributed by atoms with E-state index in [1.165, 1.54) is 12.6 Å². The summed E-state index contributed by atoms with van der Waals surface area (Å²) in [4.78, 5) is 15.4. The highest BCUT2D eigenvalue weighted by atomic mass is 16.5. The summed E-state index contributed by atoms with van der Waals surface area (Å²) in [6.07, 6.45) is 6.39. The van der Waals surface area contributed by atoms with Crippen LogP contribution in [0, 0.1) is 5.92 Å². The average Bonchev–Trinajstić information content (AvgIpc) is 2.29. The number of carbonyl (C=O) groups is 1. The molecule has 0 aromatic carbocycles. The molecule has 0 amide bonds. The van der Waals surface area contributed by atoms with Crippen molar-refractivity contribution in [1.29, 1.82) is 0 Å². The fourth-order valence-electron chi connectivity index (χ4n) is 1.39. The van der Waals surface area contributed by atoms with Crippen LogP contribution in [0.5, 0.6) is 0 Å². The Morgan fingerprint density at radius 2 is 2.25 bits per heavy atom. The highest BCUT2D eigenvalue weighted by Crippen LogP contribution is 2.07. The zero-order valence-electron chi connectivity index (χ0n) is 9.98. The second-order valence-electron chi connectivity index (χ2n) is 4.27. The molecule has 0 aliphatic rings. The van der Waals surface area contributed by atoms with Crippen molar-refractivity contribution in [3.63, 3.8) is 0 Å². The minimum Gasteiger partial charge on any atom is -0.462 e. The van der Waals surface area contributed by atoms with E-state index in [2.05, 4.69) is 18.8 Å². The number of pyridine rings is 1. The van der Waals surface area contributed by atoms with Gasteiger partial charge >= 0.3 is 5.97 Å². The first-order chi connectivity index (χ1) is 7.70. The van der Waals surface area contributed by atoms with E-state index in [4.69, 9.17) is 4.74 Å². The first-order valence-corrected chi connectivity index (χ1v) is 5.77. The van der Waals surface area contributed by atoms with Crippen LogP contribution in [0.15, 0.2) is 24.5 Å². The maximum atomic E-state index is 11.5. The van der Waals surface area contributed by atoms with Gasteiger partial charge in [0.15, 0.2) is 0 Å². The molecule has 0 unspecified atom stereocenters. The van der Waals surface area contributed by atoms with Crippen LogP contribution in [0.3, 0.4) is 0 Å². The summed E-state index contributed by atoms with van der Waals surface area (Å²) in [5, 5.41) is 0. The number of nitrogens with zero attached hydrogens (tertiary/aromatic N) is 1. The van der Waals surface area contributed by atoms with Gasteiger partial charge in [0.2, 0.25) is 0 Å². The molecule has 1 rings (SSSR count). The Bertz CT molecular complexity index is 309. The van der Waals surface area contributed by atoms with Gasteiger partial charge < -0.3 is 4.74 Å². The molecule has 0 bridgehead atoms. The van der Waals surface area contributed by atoms with Gasteiger partial charge in [-0.2, -0.15) is 0 Å². The Morgan fingerprint density at radius 3 is 2.88 bits per heavy atom. The minimum absolute atomic E-state index is 0.280. The van der Waals surface area contributed by atoms with E-state index in [0.29, 0.717) is 18.1 Å². The van der Waals surface area contributed by atoms with Gasteiger partial charge in [0.1, 0.15) is 0 Å². The van der Waals surface area contributed by atoms with Crippen LogP contribution in [0.2, 0.25) is 0 Å². The van der Waals surface area contributed by atoms with Crippen molar-refractivity contribution < 1.29 is 9.53 Å². The monoisotopic (exact) mass is 221 g/mol. The molecular weight excluding hydrogens is 202 g/mol. The quantitative estimate of drug-likeness (QED) is 0.547. The second-order valence-corrected chi connectivity index (χ2v) is 4.27. The smallest absolute Gasteiger partial charge is 0.339 e. The lowest BCUT2D eigenvalue weighted by atomic mass is 10.1. The third kappa shape index (κ3) is 4.91. The maximum Gasteiger partial charge on any atom is 0.339 e. The summed E-state index contributed by atoms with van der Waals surface area (Å²) in [5.74, 6) is 0.437. The van der Waals surface area contributed by atoms with Crippen LogP contribution in [0.25, 0.3) is 0 Å². The predicted molar refractivity (Wildman–Crippen MR) is 63.2 cm³/mol. The molecule has 1 aromatic rings. The van der Waals surface area contributed by atoms with E-state index in [-0.39, 0.29) is 5.97 Å². The van der Waals surface area contributed by atoms with Gasteiger partial charge in [0.05, 0.1) is 12.2 Å². The van der Waals surface area contributed by atoms with Crippen LogP contribution in [0.4, 0.5) is 0 Å². The lowest BCUT2D eigenvalue weighted by Gasteiger charge is -2.05. The van der Waals surface area contributed by atoms with Gasteiger partial charge in [-0.05, 0) is 30.9 Å². The molecule has 0 fully saturated rings. The number of hydrogen-bond donors (Lipinski definition) is 0. The van der Waals surface area contributed by atoms with Crippen molar-refractivity contribution in [3.8, 4) is 0 Å². The highest BCUT2D eigenvalue weighted by molar-refractivity contribution is 5.88. The molecule has 0 radical (unpaired) electrons. The predicted octanol–water partition coefficient (Wildman–Crippen LogP) is 3.06. The van der Waals surface area contributed by atoms with Crippen LogP contribution in [-0.2, 0) is 4.74 Å². The van der Waals surface area contributed by atoms with Crippen molar-refractivity contribution in [1.82, 2.24) is 4.98 Å². The minimum atomic E-state index is -0.280. The number of hydrogen-bond acceptors (Lipinski definition) is 3. The molecule has 0 atom stereocenters. The van der Waals surface area contributed by atoms with E-state index in [0.717, 1.165) is 12.8 Å². The number of unbranched alkanes of at least 4 members (excludes halogenated alkanes) is 1. The Morgan fingerprint density at radius 1 is 1.44 bits per heavy atom. The lowest BCUT2D eigenvalue weighted by Crippen LogP contribution is -2.06. The van der Waals surface area contributed by atoms with Crippen LogP contribution in [-0.4, -0.2) is 17.6 Å². The summed E-state index contributed by atoms with van der Waals surface area (Å²) in [6.45, 7) is 4.89. The van der Waals surface area contributed by atoms with Crippen LogP contribution in [0.1, 0.15) is 43.5 Å². The summed E-state index contributed by atoms with van der Waals surface area (Å²) in [6, 6.07) is 3.44. The number of ether oxygens (including phenoxy) is 1. The largest absolute Gasteiger partial charge is 0.462 e. The summed E-state index contributed by atoms with van der Waals surface area (Å²) >= 11 is 0. The third-order valence-electron chi connectivity index (χ3n) is 2.31. The van der Waals surface area contributed by atoms with Gasteiger partial charge in [0, 0.05) is 12.4 Å². The molecule has 16 heavy (non-hydrogen) atoms. The normalized spacial score (nSPS) is 10.4. The maximum absolute atomic E-state index is 11.5. The molecule has 0 spiro atoms. The zero-order chi connectivity index (χ0) is 11.8. The molecule has 0 saturated carbocycles. The summed E-state index contributed by atoms with van der Waals surface area (Å²) in [5.41, 5.74) is 0.520. The number of esters is 1. The van der Waals surface area contributed by atoms with Crippen molar-refractivity contribution in [3.05, 3.63) is 30.1 Å². The molecule has 0 N–H and O–H groups in total. The fraction of sp³-hybridized carbons (Fsp3) is 0.538. The summed E-state index contributed by atoms with van der Waals surface area (Å²) in [7, 11) is 0. The molecule has 0 saturated heterocycles. The van der Waals surface area contributed by atoms with Gasteiger partial charge in [-0.15, -0.1) is 0 Å². The number of aromatic nitrogens is 1. The van der Waals surface area contributed by atoms with Crippen molar-refractivity contribution in [2.75, 3.05) is 6.61 Å². The topological polar surface area (TPSA) is 39.2 Å². The van der Waals surface area contributed by atoms with Crippen molar-refractivity contribution in [2.45, 2.75) is 33.1 Å². The second kappa shape index (κ2) is 6.99. The molecular formula is C13H19NO2. The van der Waals surface area contributed by atoms with Crippen LogP contribution < -0.4 is 0 Å². The average molecular weight is 221 g/mol.